The first kappa shape index (κ1) is 18.9. The molecule has 3 rings (SSSR count). The van der Waals surface area contributed by atoms with Crippen molar-refractivity contribution in [2.24, 2.45) is 11.7 Å². The second kappa shape index (κ2) is 8.66. The van der Waals surface area contributed by atoms with E-state index in [9.17, 15) is 9.59 Å². The van der Waals surface area contributed by atoms with Crippen LogP contribution in [-0.2, 0) is 17.8 Å². The molecule has 0 spiro atoms. The molecule has 1 fully saturated rings. The van der Waals surface area contributed by atoms with Crippen molar-refractivity contribution < 1.29 is 14.1 Å². The molecule has 0 radical (unpaired) electrons. The minimum absolute atomic E-state index is 0.150. The van der Waals surface area contributed by atoms with Crippen LogP contribution < -0.4 is 16.0 Å². The maximum Gasteiger partial charge on any atom is 0.253 e. The number of aromatic nitrogens is 2. The SMILES string of the molecule is CCCc1cc(CNC(=O)c2ccc(N3CCC[C@H](C(N)=O)C3)nc2)on1. The minimum atomic E-state index is -0.273. The van der Waals surface area contributed by atoms with E-state index in [-0.39, 0.29) is 24.3 Å². The van der Waals surface area contributed by atoms with E-state index in [1.165, 1.54) is 0 Å². The highest BCUT2D eigenvalue weighted by molar-refractivity contribution is 5.94. The van der Waals surface area contributed by atoms with Gasteiger partial charge in [-0.3, -0.25) is 9.59 Å². The molecular weight excluding hydrogens is 346 g/mol. The molecule has 0 aliphatic carbocycles. The van der Waals surface area contributed by atoms with Gasteiger partial charge in [0.1, 0.15) is 5.82 Å². The Morgan fingerprint density at radius 1 is 1.41 bits per heavy atom. The van der Waals surface area contributed by atoms with Crippen LogP contribution in [-0.4, -0.2) is 35.0 Å². The lowest BCUT2D eigenvalue weighted by atomic mass is 9.97. The van der Waals surface area contributed by atoms with Gasteiger partial charge in [0.25, 0.3) is 5.91 Å². The van der Waals surface area contributed by atoms with Crippen LogP contribution in [0.5, 0.6) is 0 Å². The summed E-state index contributed by atoms with van der Waals surface area (Å²) in [6.45, 7) is 3.75. The monoisotopic (exact) mass is 371 g/mol. The van der Waals surface area contributed by atoms with Crippen molar-refractivity contribution in [2.45, 2.75) is 39.2 Å². The first-order valence-corrected chi connectivity index (χ1v) is 9.29. The molecule has 27 heavy (non-hydrogen) atoms. The van der Waals surface area contributed by atoms with Crippen molar-refractivity contribution in [3.63, 3.8) is 0 Å². The minimum Gasteiger partial charge on any atom is -0.369 e. The summed E-state index contributed by atoms with van der Waals surface area (Å²) < 4.78 is 5.21. The van der Waals surface area contributed by atoms with E-state index in [2.05, 4.69) is 22.4 Å². The van der Waals surface area contributed by atoms with Gasteiger partial charge >= 0.3 is 0 Å². The van der Waals surface area contributed by atoms with Crippen LogP contribution in [0, 0.1) is 5.92 Å². The lowest BCUT2D eigenvalue weighted by molar-refractivity contribution is -0.122. The van der Waals surface area contributed by atoms with E-state index in [4.69, 9.17) is 10.3 Å². The van der Waals surface area contributed by atoms with Gasteiger partial charge in [-0.1, -0.05) is 18.5 Å². The molecule has 3 N–H and O–H groups in total. The average molecular weight is 371 g/mol. The van der Waals surface area contributed by atoms with Crippen LogP contribution in [0.15, 0.2) is 28.9 Å². The van der Waals surface area contributed by atoms with Crippen LogP contribution in [0.4, 0.5) is 5.82 Å². The highest BCUT2D eigenvalue weighted by Crippen LogP contribution is 2.21. The molecule has 1 aliphatic heterocycles. The number of nitrogens with two attached hydrogens (primary N) is 1. The van der Waals surface area contributed by atoms with Gasteiger partial charge in [0.05, 0.1) is 23.7 Å². The number of amides is 2. The van der Waals surface area contributed by atoms with Gasteiger partial charge in [-0.05, 0) is 31.4 Å². The summed E-state index contributed by atoms with van der Waals surface area (Å²) in [5, 5.41) is 6.77. The molecule has 1 saturated heterocycles. The van der Waals surface area contributed by atoms with Gasteiger partial charge in [0.15, 0.2) is 5.76 Å². The Hall–Kier alpha value is -2.90. The largest absolute Gasteiger partial charge is 0.369 e. The predicted octanol–water partition coefficient (Wildman–Crippen LogP) is 1.65. The fourth-order valence-electron chi connectivity index (χ4n) is 3.21. The number of carbonyl (C=O) groups excluding carboxylic acids is 2. The normalized spacial score (nSPS) is 16.9. The van der Waals surface area contributed by atoms with Crippen molar-refractivity contribution in [2.75, 3.05) is 18.0 Å². The van der Waals surface area contributed by atoms with Gasteiger partial charge < -0.3 is 20.5 Å². The molecule has 2 aromatic rings. The third kappa shape index (κ3) is 4.84. The van der Waals surface area contributed by atoms with E-state index in [0.29, 0.717) is 17.9 Å². The van der Waals surface area contributed by atoms with Crippen LogP contribution in [0.25, 0.3) is 0 Å². The Morgan fingerprint density at radius 3 is 2.96 bits per heavy atom. The third-order valence-electron chi connectivity index (χ3n) is 4.69. The van der Waals surface area contributed by atoms with Crippen molar-refractivity contribution in [3.8, 4) is 0 Å². The number of hydrogen-bond donors (Lipinski definition) is 2. The molecule has 1 atom stereocenters. The molecule has 144 valence electrons. The van der Waals surface area contributed by atoms with Gasteiger partial charge in [0.2, 0.25) is 5.91 Å². The van der Waals surface area contributed by atoms with Gasteiger partial charge in [-0.25, -0.2) is 4.98 Å². The summed E-state index contributed by atoms with van der Waals surface area (Å²) in [4.78, 5) is 30.1. The molecule has 3 heterocycles. The maximum atomic E-state index is 12.3. The Balaban J connectivity index is 1.56. The topological polar surface area (TPSA) is 114 Å². The molecule has 8 heteroatoms. The number of nitrogens with one attached hydrogen (secondary N) is 1. The fourth-order valence-corrected chi connectivity index (χ4v) is 3.21. The van der Waals surface area contributed by atoms with E-state index < -0.39 is 0 Å². The number of primary amides is 1. The third-order valence-corrected chi connectivity index (χ3v) is 4.69. The van der Waals surface area contributed by atoms with E-state index in [1.807, 2.05) is 11.0 Å². The van der Waals surface area contributed by atoms with Crippen LogP contribution in [0.1, 0.15) is 48.0 Å². The molecule has 2 amide bonds. The lowest BCUT2D eigenvalue weighted by Crippen LogP contribution is -2.41. The smallest absolute Gasteiger partial charge is 0.253 e. The summed E-state index contributed by atoms with van der Waals surface area (Å²) >= 11 is 0. The van der Waals surface area contributed by atoms with Gasteiger partial charge in [-0.2, -0.15) is 0 Å². The average Bonchev–Trinajstić information content (AvgIpc) is 3.14. The Bertz CT molecular complexity index is 787. The predicted molar refractivity (Wildman–Crippen MR) is 100 cm³/mol. The van der Waals surface area contributed by atoms with Crippen LogP contribution in [0.2, 0.25) is 0 Å². The Kier molecular flexibility index (Phi) is 6.05. The zero-order valence-corrected chi connectivity index (χ0v) is 15.5. The second-order valence-electron chi connectivity index (χ2n) is 6.81. The number of aryl methyl sites for hydroxylation is 1. The van der Waals surface area contributed by atoms with Crippen molar-refractivity contribution in [1.82, 2.24) is 15.5 Å². The quantitative estimate of drug-likeness (QED) is 0.765. The number of piperidine rings is 1. The van der Waals surface area contributed by atoms with Gasteiger partial charge in [0, 0.05) is 25.4 Å². The van der Waals surface area contributed by atoms with Crippen LogP contribution in [0.3, 0.4) is 0 Å². The fraction of sp³-hybridized carbons (Fsp3) is 0.474. The second-order valence-corrected chi connectivity index (χ2v) is 6.81. The van der Waals surface area contributed by atoms with E-state index in [0.717, 1.165) is 43.7 Å². The van der Waals surface area contributed by atoms with Crippen molar-refractivity contribution in [3.05, 3.63) is 41.4 Å². The summed E-state index contributed by atoms with van der Waals surface area (Å²) in [6.07, 6.45) is 5.10. The zero-order chi connectivity index (χ0) is 19.2. The Labute approximate surface area is 158 Å². The highest BCUT2D eigenvalue weighted by Gasteiger charge is 2.24. The maximum absolute atomic E-state index is 12.3. The number of carbonyl (C=O) groups is 2. The number of hydrogen-bond acceptors (Lipinski definition) is 6. The summed E-state index contributed by atoms with van der Waals surface area (Å²) in [5.74, 6) is 0.725. The molecule has 2 aromatic heterocycles. The van der Waals surface area contributed by atoms with Crippen LogP contribution >= 0.6 is 0 Å². The molecule has 8 nitrogen and oxygen atoms in total. The highest BCUT2D eigenvalue weighted by atomic mass is 16.5. The Morgan fingerprint density at radius 2 is 2.26 bits per heavy atom. The number of nitrogens with zero attached hydrogens (tertiary/aromatic N) is 3. The molecule has 0 saturated carbocycles. The summed E-state index contributed by atoms with van der Waals surface area (Å²) in [7, 11) is 0. The van der Waals surface area contributed by atoms with E-state index in [1.54, 1.807) is 18.3 Å². The standard InChI is InChI=1S/C19H25N5O3/c1-2-4-15-9-16(27-23-15)11-22-19(26)13-6-7-17(21-10-13)24-8-3-5-14(12-24)18(20)25/h6-7,9-10,14H,2-5,8,11-12H2,1H3,(H2,20,25)(H,22,26)/t14-/m0/s1. The number of pyridine rings is 1. The molecular formula is C19H25N5O3. The first-order chi connectivity index (χ1) is 13.1. The lowest BCUT2D eigenvalue weighted by Gasteiger charge is -2.32. The molecule has 0 bridgehead atoms. The van der Waals surface area contributed by atoms with E-state index >= 15 is 0 Å². The first-order valence-electron chi connectivity index (χ1n) is 9.29. The molecule has 0 aromatic carbocycles. The summed E-state index contributed by atoms with van der Waals surface area (Å²) in [6, 6.07) is 5.39. The zero-order valence-electron chi connectivity index (χ0n) is 15.5. The molecule has 0 unspecified atom stereocenters. The van der Waals surface area contributed by atoms with Gasteiger partial charge in [-0.15, -0.1) is 0 Å². The molecule has 1 aliphatic rings. The van der Waals surface area contributed by atoms with Crippen molar-refractivity contribution in [1.29, 1.82) is 0 Å². The van der Waals surface area contributed by atoms with Crippen molar-refractivity contribution >= 4 is 17.6 Å². The number of anilines is 1. The number of rotatable bonds is 7. The summed E-state index contributed by atoms with van der Waals surface area (Å²) in [5.41, 5.74) is 6.78.